The summed E-state index contributed by atoms with van der Waals surface area (Å²) >= 11 is 0. The first-order valence-electron chi connectivity index (χ1n) is 11.2. The van der Waals surface area contributed by atoms with Crippen molar-refractivity contribution in [2.75, 3.05) is 20.2 Å². The Morgan fingerprint density at radius 1 is 1.13 bits per heavy atom. The van der Waals surface area contributed by atoms with Crippen molar-refractivity contribution in [1.29, 1.82) is 0 Å². The van der Waals surface area contributed by atoms with Gasteiger partial charge in [0, 0.05) is 33.0 Å². The van der Waals surface area contributed by atoms with E-state index in [1.54, 1.807) is 7.05 Å². The van der Waals surface area contributed by atoms with E-state index in [2.05, 4.69) is 63.3 Å². The van der Waals surface area contributed by atoms with E-state index in [0.717, 1.165) is 55.9 Å². The monoisotopic (exact) mass is 540 g/mol. The number of aliphatic imine (C=N–C) groups is 1. The second kappa shape index (κ2) is 12.9. The summed E-state index contributed by atoms with van der Waals surface area (Å²) in [4.78, 5) is 4.37. The van der Waals surface area contributed by atoms with Gasteiger partial charge < -0.3 is 19.9 Å². The summed E-state index contributed by atoms with van der Waals surface area (Å²) in [6.07, 6.45) is 5.59. The summed E-state index contributed by atoms with van der Waals surface area (Å²) in [5.74, 6) is 4.43. The van der Waals surface area contributed by atoms with E-state index in [9.17, 15) is 0 Å². The fourth-order valence-electron chi connectivity index (χ4n) is 3.62. The molecule has 1 aromatic carbocycles. The van der Waals surface area contributed by atoms with Crippen LogP contribution in [0.2, 0.25) is 0 Å². The number of aromatic nitrogens is 3. The third kappa shape index (κ3) is 7.66. The molecule has 1 aliphatic rings. The number of benzene rings is 1. The number of guanidine groups is 1. The van der Waals surface area contributed by atoms with Gasteiger partial charge in [0.05, 0.1) is 12.6 Å². The molecule has 1 aliphatic heterocycles. The molecule has 31 heavy (non-hydrogen) atoms. The van der Waals surface area contributed by atoms with Gasteiger partial charge in [0.1, 0.15) is 17.4 Å². The lowest BCUT2D eigenvalue weighted by atomic mass is 10.1. The first kappa shape index (κ1) is 25.4. The third-order valence-electron chi connectivity index (χ3n) is 5.37. The molecule has 7 nitrogen and oxygen atoms in total. The van der Waals surface area contributed by atoms with Crippen molar-refractivity contribution in [3.8, 4) is 5.75 Å². The molecule has 0 saturated heterocycles. The summed E-state index contributed by atoms with van der Waals surface area (Å²) in [6.45, 7) is 8.98. The van der Waals surface area contributed by atoms with E-state index in [1.807, 2.05) is 12.1 Å². The average molecular weight is 540 g/mol. The maximum Gasteiger partial charge on any atom is 0.191 e. The van der Waals surface area contributed by atoms with Crippen LogP contribution in [0.3, 0.4) is 0 Å². The predicted octanol–water partition coefficient (Wildman–Crippen LogP) is 4.13. The molecule has 2 N–H and O–H groups in total. The van der Waals surface area contributed by atoms with Gasteiger partial charge in [0.2, 0.25) is 0 Å². The van der Waals surface area contributed by atoms with Crippen molar-refractivity contribution in [2.45, 2.75) is 65.5 Å². The lowest BCUT2D eigenvalue weighted by Crippen LogP contribution is -2.39. The van der Waals surface area contributed by atoms with Crippen molar-refractivity contribution >= 4 is 29.9 Å². The van der Waals surface area contributed by atoms with Crippen molar-refractivity contribution < 1.29 is 4.74 Å². The number of ether oxygens (including phenoxy) is 1. The van der Waals surface area contributed by atoms with Gasteiger partial charge in [-0.05, 0) is 43.4 Å². The van der Waals surface area contributed by atoms with Gasteiger partial charge >= 0.3 is 0 Å². The van der Waals surface area contributed by atoms with Crippen LogP contribution < -0.4 is 15.4 Å². The molecular formula is C23H37IN6O. The summed E-state index contributed by atoms with van der Waals surface area (Å²) < 4.78 is 8.07. The summed E-state index contributed by atoms with van der Waals surface area (Å²) in [6, 6.07) is 8.41. The maximum atomic E-state index is 5.77. The largest absolute Gasteiger partial charge is 0.493 e. The number of nitrogens with zero attached hydrogens (tertiary/aromatic N) is 4. The molecule has 0 spiro atoms. The first-order valence-corrected chi connectivity index (χ1v) is 11.2. The minimum atomic E-state index is 0. The Morgan fingerprint density at radius 2 is 1.90 bits per heavy atom. The van der Waals surface area contributed by atoms with Gasteiger partial charge in [-0.15, -0.1) is 34.2 Å². The summed E-state index contributed by atoms with van der Waals surface area (Å²) in [7, 11) is 1.80. The van der Waals surface area contributed by atoms with Gasteiger partial charge in [0.25, 0.3) is 0 Å². The number of hydrogen-bond acceptors (Lipinski definition) is 4. The van der Waals surface area contributed by atoms with Gasteiger partial charge in [-0.3, -0.25) is 4.99 Å². The van der Waals surface area contributed by atoms with Crippen LogP contribution in [0.4, 0.5) is 0 Å². The molecule has 0 saturated carbocycles. The molecule has 8 heteroatoms. The molecule has 1 unspecified atom stereocenters. The van der Waals surface area contributed by atoms with Crippen LogP contribution in [0.25, 0.3) is 0 Å². The summed E-state index contributed by atoms with van der Waals surface area (Å²) in [5, 5.41) is 15.7. The quantitative estimate of drug-likeness (QED) is 0.299. The SMILES string of the molecule is CN=C(NCCc1nnc2n1CCCCC2)NC(C)c1ccc(OCC(C)C)cc1.I. The Bertz CT molecular complexity index is 818. The number of fused-ring (bicyclic) bond motifs is 1. The molecule has 172 valence electrons. The molecule has 2 heterocycles. The van der Waals surface area contributed by atoms with Gasteiger partial charge in [-0.1, -0.05) is 32.4 Å². The average Bonchev–Trinajstić information content (AvgIpc) is 2.97. The highest BCUT2D eigenvalue weighted by molar-refractivity contribution is 14.0. The lowest BCUT2D eigenvalue weighted by molar-refractivity contribution is 0.271. The van der Waals surface area contributed by atoms with E-state index < -0.39 is 0 Å². The standard InChI is InChI=1S/C23H36N6O.HI/c1-17(2)16-30-20-11-9-19(10-12-20)18(3)26-23(24-4)25-14-13-22-28-27-21-8-6-5-7-15-29(21)22;/h9-12,17-18H,5-8,13-16H2,1-4H3,(H2,24,25,26);1H. The highest BCUT2D eigenvalue weighted by Crippen LogP contribution is 2.18. The molecule has 1 aromatic heterocycles. The Hall–Kier alpha value is -1.84. The van der Waals surface area contributed by atoms with E-state index in [-0.39, 0.29) is 30.0 Å². The predicted molar refractivity (Wildman–Crippen MR) is 136 cm³/mol. The minimum Gasteiger partial charge on any atom is -0.493 e. The van der Waals surface area contributed by atoms with Crippen LogP contribution in [-0.2, 0) is 19.4 Å². The normalized spacial score (nSPS) is 14.9. The fourth-order valence-corrected chi connectivity index (χ4v) is 3.62. The van der Waals surface area contributed by atoms with Crippen LogP contribution >= 0.6 is 24.0 Å². The van der Waals surface area contributed by atoms with E-state index in [0.29, 0.717) is 5.92 Å². The molecule has 3 rings (SSSR count). The Labute approximate surface area is 203 Å². The smallest absolute Gasteiger partial charge is 0.191 e. The number of rotatable bonds is 8. The van der Waals surface area contributed by atoms with Crippen molar-refractivity contribution in [1.82, 2.24) is 25.4 Å². The molecule has 0 aliphatic carbocycles. The highest BCUT2D eigenvalue weighted by atomic mass is 127. The van der Waals surface area contributed by atoms with E-state index >= 15 is 0 Å². The zero-order valence-corrected chi connectivity index (χ0v) is 21.6. The second-order valence-corrected chi connectivity index (χ2v) is 8.38. The molecule has 0 amide bonds. The van der Waals surface area contributed by atoms with Crippen LogP contribution in [0, 0.1) is 5.92 Å². The van der Waals surface area contributed by atoms with Gasteiger partial charge in [-0.2, -0.15) is 0 Å². The third-order valence-corrected chi connectivity index (χ3v) is 5.37. The molecular weight excluding hydrogens is 503 g/mol. The number of nitrogens with one attached hydrogen (secondary N) is 2. The van der Waals surface area contributed by atoms with Gasteiger partial charge in [-0.25, -0.2) is 0 Å². The molecule has 0 fully saturated rings. The van der Waals surface area contributed by atoms with Crippen LogP contribution in [0.5, 0.6) is 5.75 Å². The lowest BCUT2D eigenvalue weighted by Gasteiger charge is -2.19. The number of aryl methyl sites for hydroxylation is 1. The van der Waals surface area contributed by atoms with Gasteiger partial charge in [0.15, 0.2) is 5.96 Å². The minimum absolute atomic E-state index is 0. The van der Waals surface area contributed by atoms with Crippen molar-refractivity contribution in [2.24, 2.45) is 10.9 Å². The topological polar surface area (TPSA) is 76.4 Å². The second-order valence-electron chi connectivity index (χ2n) is 8.38. The van der Waals surface area contributed by atoms with Crippen LogP contribution in [-0.4, -0.2) is 40.9 Å². The van der Waals surface area contributed by atoms with Crippen LogP contribution in [0.15, 0.2) is 29.3 Å². The van der Waals surface area contributed by atoms with Crippen molar-refractivity contribution in [3.63, 3.8) is 0 Å². The zero-order valence-electron chi connectivity index (χ0n) is 19.2. The van der Waals surface area contributed by atoms with E-state index in [4.69, 9.17) is 4.74 Å². The molecule has 0 bridgehead atoms. The zero-order chi connectivity index (χ0) is 21.3. The molecule has 2 aromatic rings. The number of halogens is 1. The Balaban J connectivity index is 0.00000341. The highest BCUT2D eigenvalue weighted by Gasteiger charge is 2.14. The molecule has 1 atom stereocenters. The Kier molecular flexibility index (Phi) is 10.6. The van der Waals surface area contributed by atoms with Crippen LogP contribution in [0.1, 0.15) is 63.3 Å². The first-order chi connectivity index (χ1) is 14.6. The van der Waals surface area contributed by atoms with E-state index in [1.165, 1.54) is 24.8 Å². The fraction of sp³-hybridized carbons (Fsp3) is 0.609. The number of hydrogen-bond donors (Lipinski definition) is 2. The maximum absolute atomic E-state index is 5.77. The Morgan fingerprint density at radius 3 is 2.61 bits per heavy atom. The van der Waals surface area contributed by atoms with Crippen molar-refractivity contribution in [3.05, 3.63) is 41.5 Å². The molecule has 0 radical (unpaired) electrons. The summed E-state index contributed by atoms with van der Waals surface area (Å²) in [5.41, 5.74) is 1.19.